The minimum atomic E-state index is -2.73. The molecular formula is C3Cl3FO2. The maximum absolute atomic E-state index is 12.2. The molecule has 0 bridgehead atoms. The first-order valence-corrected chi connectivity index (χ1v) is 2.96. The molecule has 0 atom stereocenters. The van der Waals surface area contributed by atoms with Gasteiger partial charge in [-0.05, 0) is 23.2 Å². The quantitative estimate of drug-likeness (QED) is 0.550. The summed E-state index contributed by atoms with van der Waals surface area (Å²) in [6.45, 7) is 0. The van der Waals surface area contributed by atoms with Crippen LogP contribution in [0.1, 0.15) is 0 Å². The van der Waals surface area contributed by atoms with Crippen molar-refractivity contribution in [3.63, 3.8) is 0 Å². The highest BCUT2D eigenvalue weighted by atomic mass is 35.5. The van der Waals surface area contributed by atoms with Crippen LogP contribution in [0.3, 0.4) is 0 Å². The maximum atomic E-state index is 12.2. The molecule has 0 radical (unpaired) electrons. The van der Waals surface area contributed by atoms with Crippen molar-refractivity contribution in [3.05, 3.63) is 10.4 Å². The average molecular weight is 193 g/mol. The number of rotatable bonds is 0. The van der Waals surface area contributed by atoms with Gasteiger partial charge in [0.2, 0.25) is 0 Å². The molecule has 0 aromatic heterocycles. The van der Waals surface area contributed by atoms with Crippen LogP contribution in [0.25, 0.3) is 0 Å². The van der Waals surface area contributed by atoms with Gasteiger partial charge < -0.3 is 9.47 Å². The number of hydrogen-bond acceptors (Lipinski definition) is 2. The molecule has 1 aliphatic rings. The fraction of sp³-hybridized carbons (Fsp3) is 0.333. The van der Waals surface area contributed by atoms with Crippen LogP contribution >= 0.6 is 34.8 Å². The molecule has 0 unspecified atom stereocenters. The Morgan fingerprint density at radius 2 is 1.56 bits per heavy atom. The lowest BCUT2D eigenvalue weighted by Gasteiger charge is -2.07. The Bertz CT molecular complexity index is 150. The molecule has 2 nitrogen and oxygen atoms in total. The Morgan fingerprint density at radius 3 is 1.67 bits per heavy atom. The van der Waals surface area contributed by atoms with Gasteiger partial charge in [0, 0.05) is 11.6 Å². The van der Waals surface area contributed by atoms with E-state index in [-0.39, 0.29) is 10.4 Å². The number of alkyl halides is 2. The summed E-state index contributed by atoms with van der Waals surface area (Å²) in [5.74, 6) is 0. The largest absolute Gasteiger partial charge is 0.500 e. The Balaban J connectivity index is 2.70. The standard InChI is InChI=1S/C3Cl3FO2/c4-1-2(5)9-3(6,7)8-1. The van der Waals surface area contributed by atoms with Gasteiger partial charge >= 0.3 is 5.50 Å². The van der Waals surface area contributed by atoms with Gasteiger partial charge in [-0.25, -0.2) is 0 Å². The van der Waals surface area contributed by atoms with Crippen molar-refractivity contribution in [2.45, 2.75) is 5.50 Å². The first kappa shape index (κ1) is 7.25. The Hall–Kier alpha value is 0.140. The van der Waals surface area contributed by atoms with E-state index in [1.807, 2.05) is 0 Å². The van der Waals surface area contributed by atoms with E-state index in [0.29, 0.717) is 0 Å². The molecule has 0 amide bonds. The van der Waals surface area contributed by atoms with Gasteiger partial charge in [-0.15, -0.1) is 4.39 Å². The van der Waals surface area contributed by atoms with Crippen LogP contribution in [0.15, 0.2) is 10.4 Å². The molecule has 52 valence electrons. The number of hydrogen-bond donors (Lipinski definition) is 0. The van der Waals surface area contributed by atoms with Gasteiger partial charge in [0.05, 0.1) is 0 Å². The minimum Gasteiger partial charge on any atom is -0.397 e. The minimum absolute atomic E-state index is 0.380. The molecule has 0 aromatic carbocycles. The van der Waals surface area contributed by atoms with Gasteiger partial charge in [0.25, 0.3) is 10.4 Å². The fourth-order valence-corrected chi connectivity index (χ4v) is 0.819. The Morgan fingerprint density at radius 1 is 1.22 bits per heavy atom. The smallest absolute Gasteiger partial charge is 0.397 e. The molecule has 6 heteroatoms. The normalized spacial score (nSPS) is 23.6. The van der Waals surface area contributed by atoms with Crippen molar-refractivity contribution in [2.75, 3.05) is 0 Å². The summed E-state index contributed by atoms with van der Waals surface area (Å²) in [4.78, 5) is 0. The molecule has 9 heavy (non-hydrogen) atoms. The third-order valence-electron chi connectivity index (χ3n) is 0.571. The highest BCUT2D eigenvalue weighted by Crippen LogP contribution is 2.38. The first-order valence-electron chi connectivity index (χ1n) is 1.82. The molecule has 1 aliphatic heterocycles. The second kappa shape index (κ2) is 2.08. The summed E-state index contributed by atoms with van der Waals surface area (Å²) in [5.41, 5.74) is -2.73. The monoisotopic (exact) mass is 192 g/mol. The third kappa shape index (κ3) is 1.53. The predicted octanol–water partition coefficient (Wildman–Crippen LogP) is 2.46. The van der Waals surface area contributed by atoms with Gasteiger partial charge in [0.1, 0.15) is 0 Å². The molecule has 1 rings (SSSR count). The van der Waals surface area contributed by atoms with Crippen LogP contribution in [0.2, 0.25) is 0 Å². The fourth-order valence-electron chi connectivity index (χ4n) is 0.310. The van der Waals surface area contributed by atoms with E-state index in [9.17, 15) is 4.39 Å². The summed E-state index contributed by atoms with van der Waals surface area (Å²) >= 11 is 15.1. The third-order valence-corrected chi connectivity index (χ3v) is 1.32. The zero-order chi connectivity index (χ0) is 7.07. The average Bonchev–Trinajstić information content (AvgIpc) is 1.79. The van der Waals surface area contributed by atoms with Gasteiger partial charge in [-0.2, -0.15) is 0 Å². The predicted molar refractivity (Wildman–Crippen MR) is 30.6 cm³/mol. The zero-order valence-electron chi connectivity index (χ0n) is 3.83. The molecule has 0 aromatic rings. The van der Waals surface area contributed by atoms with E-state index in [0.717, 1.165) is 0 Å². The SMILES string of the molecule is FC1(Cl)OC(Cl)=C(Cl)O1. The summed E-state index contributed by atoms with van der Waals surface area (Å²) in [5, 5.41) is -0.761. The maximum Gasteiger partial charge on any atom is 0.500 e. The van der Waals surface area contributed by atoms with Crippen LogP contribution in [0.5, 0.6) is 0 Å². The number of halogens is 4. The highest BCUT2D eigenvalue weighted by molar-refractivity contribution is 6.38. The Labute approximate surface area is 65.1 Å². The van der Waals surface area contributed by atoms with Gasteiger partial charge in [-0.1, -0.05) is 0 Å². The van der Waals surface area contributed by atoms with Crippen molar-refractivity contribution in [2.24, 2.45) is 0 Å². The van der Waals surface area contributed by atoms with Crippen LogP contribution in [0.4, 0.5) is 4.39 Å². The van der Waals surface area contributed by atoms with E-state index in [1.54, 1.807) is 0 Å². The highest BCUT2D eigenvalue weighted by Gasteiger charge is 2.41. The van der Waals surface area contributed by atoms with Gasteiger partial charge in [0.15, 0.2) is 0 Å². The summed E-state index contributed by atoms with van der Waals surface area (Å²) in [6.07, 6.45) is 0. The molecule has 1 heterocycles. The van der Waals surface area contributed by atoms with Crippen molar-refractivity contribution in [1.82, 2.24) is 0 Å². The van der Waals surface area contributed by atoms with E-state index < -0.39 is 5.50 Å². The van der Waals surface area contributed by atoms with Crippen molar-refractivity contribution in [1.29, 1.82) is 0 Å². The van der Waals surface area contributed by atoms with Crippen LogP contribution in [-0.2, 0) is 9.47 Å². The Kier molecular flexibility index (Phi) is 1.67. The van der Waals surface area contributed by atoms with E-state index in [1.165, 1.54) is 0 Å². The van der Waals surface area contributed by atoms with Crippen molar-refractivity contribution < 1.29 is 13.9 Å². The lowest BCUT2D eigenvalue weighted by Crippen LogP contribution is -2.13. The van der Waals surface area contributed by atoms with Crippen LogP contribution in [0, 0.1) is 0 Å². The van der Waals surface area contributed by atoms with Crippen LogP contribution < -0.4 is 0 Å². The second-order valence-corrected chi connectivity index (χ2v) is 2.35. The van der Waals surface area contributed by atoms with Crippen molar-refractivity contribution in [3.8, 4) is 0 Å². The molecular weight excluding hydrogens is 193 g/mol. The van der Waals surface area contributed by atoms with Gasteiger partial charge in [-0.3, -0.25) is 0 Å². The summed E-state index contributed by atoms with van der Waals surface area (Å²) < 4.78 is 20.3. The topological polar surface area (TPSA) is 18.5 Å². The van der Waals surface area contributed by atoms with E-state index in [4.69, 9.17) is 34.8 Å². The molecule has 0 saturated carbocycles. The molecule has 0 aliphatic carbocycles. The summed E-state index contributed by atoms with van der Waals surface area (Å²) in [6, 6.07) is 0. The molecule has 0 N–H and O–H groups in total. The molecule has 0 fully saturated rings. The number of ether oxygens (including phenoxy) is 2. The van der Waals surface area contributed by atoms with E-state index in [2.05, 4.69) is 9.47 Å². The molecule has 0 spiro atoms. The first-order chi connectivity index (χ1) is 4.01. The second-order valence-electron chi connectivity index (χ2n) is 1.21. The van der Waals surface area contributed by atoms with E-state index >= 15 is 0 Å². The van der Waals surface area contributed by atoms with Crippen molar-refractivity contribution >= 4 is 34.8 Å². The lowest BCUT2D eigenvalue weighted by atomic mass is 11.1. The van der Waals surface area contributed by atoms with Crippen LogP contribution in [-0.4, -0.2) is 5.50 Å². The molecule has 0 saturated heterocycles. The zero-order valence-corrected chi connectivity index (χ0v) is 6.10. The lowest BCUT2D eigenvalue weighted by molar-refractivity contribution is -0.172. The summed E-state index contributed by atoms with van der Waals surface area (Å²) in [7, 11) is 0.